The lowest BCUT2D eigenvalue weighted by molar-refractivity contribution is -0.125. The molecule has 34 heavy (non-hydrogen) atoms. The number of rotatable bonds is 10. The van der Waals surface area contributed by atoms with E-state index in [9.17, 15) is 9.18 Å². The summed E-state index contributed by atoms with van der Waals surface area (Å²) >= 11 is 6.37. The molecular formula is C28H39ClFN3O. The number of hydrogen-bond donors (Lipinski definition) is 1. The van der Waals surface area contributed by atoms with Crippen molar-refractivity contribution in [2.75, 3.05) is 12.8 Å². The second-order valence-corrected chi connectivity index (χ2v) is 10.3. The Morgan fingerprint density at radius 1 is 1.38 bits per heavy atom. The predicted octanol–water partition coefficient (Wildman–Crippen LogP) is 7.49. The number of nitrogens with zero attached hydrogens (tertiary/aromatic N) is 2. The van der Waals surface area contributed by atoms with Crippen LogP contribution in [0, 0.1) is 17.3 Å². The van der Waals surface area contributed by atoms with Gasteiger partial charge in [-0.05, 0) is 74.1 Å². The smallest absolute Gasteiger partial charge is 0.135 e. The monoisotopic (exact) mass is 487 g/mol. The highest BCUT2D eigenvalue weighted by Gasteiger charge is 2.28. The molecule has 0 amide bonds. The summed E-state index contributed by atoms with van der Waals surface area (Å²) in [5.41, 5.74) is 10.7. The number of anilines is 1. The Hall–Kier alpha value is -2.27. The molecule has 0 radical (unpaired) electrons. The maximum atomic E-state index is 14.2. The van der Waals surface area contributed by atoms with Crippen molar-refractivity contribution in [2.24, 2.45) is 22.2 Å². The number of nitrogens with two attached hydrogens (primary N) is 1. The van der Waals surface area contributed by atoms with Crippen LogP contribution in [-0.4, -0.2) is 24.0 Å². The molecule has 1 aliphatic carbocycles. The van der Waals surface area contributed by atoms with E-state index in [-0.39, 0.29) is 28.5 Å². The molecule has 2 N–H and O–H groups in total. The zero-order valence-electron chi connectivity index (χ0n) is 21.6. The summed E-state index contributed by atoms with van der Waals surface area (Å²) in [5.74, 6) is 0.698. The van der Waals surface area contributed by atoms with Crippen molar-refractivity contribution in [3.8, 4) is 0 Å². The van der Waals surface area contributed by atoms with Gasteiger partial charge in [0.2, 0.25) is 0 Å². The molecule has 4 nitrogen and oxygen atoms in total. The number of hydrogen-bond acceptors (Lipinski definition) is 4. The van der Waals surface area contributed by atoms with Gasteiger partial charge in [-0.3, -0.25) is 9.79 Å². The third-order valence-corrected chi connectivity index (χ3v) is 7.92. The van der Waals surface area contributed by atoms with Crippen LogP contribution in [-0.2, 0) is 11.2 Å². The summed E-state index contributed by atoms with van der Waals surface area (Å²) in [6.45, 7) is 11.9. The quantitative estimate of drug-likeness (QED) is 0.347. The Kier molecular flexibility index (Phi) is 9.81. The summed E-state index contributed by atoms with van der Waals surface area (Å²) in [7, 11) is 1.73. The van der Waals surface area contributed by atoms with Crippen LogP contribution in [0.25, 0.3) is 5.57 Å². The summed E-state index contributed by atoms with van der Waals surface area (Å²) in [6, 6.07) is 2.05. The highest BCUT2D eigenvalue weighted by atomic mass is 35.5. The van der Waals surface area contributed by atoms with Crippen molar-refractivity contribution in [3.63, 3.8) is 0 Å². The number of nitrogen functional groups attached to an aromatic ring is 1. The van der Waals surface area contributed by atoms with E-state index >= 15 is 0 Å². The van der Waals surface area contributed by atoms with Crippen LogP contribution in [0.5, 0.6) is 0 Å². The highest BCUT2D eigenvalue weighted by molar-refractivity contribution is 6.32. The Labute approximate surface area is 209 Å². The topological polar surface area (TPSA) is 68.3 Å². The number of allylic oxidation sites excluding steroid dienone is 6. The van der Waals surface area contributed by atoms with Gasteiger partial charge in [0.25, 0.3) is 0 Å². The van der Waals surface area contributed by atoms with Gasteiger partial charge >= 0.3 is 0 Å². The molecule has 6 heteroatoms. The molecule has 1 aliphatic rings. The van der Waals surface area contributed by atoms with Gasteiger partial charge in [0.05, 0.1) is 5.03 Å². The molecule has 2 rings (SSSR count). The van der Waals surface area contributed by atoms with Crippen molar-refractivity contribution < 1.29 is 9.18 Å². The lowest BCUT2D eigenvalue weighted by atomic mass is 9.79. The fourth-order valence-corrected chi connectivity index (χ4v) is 4.80. The van der Waals surface area contributed by atoms with Gasteiger partial charge in [0, 0.05) is 36.9 Å². The van der Waals surface area contributed by atoms with Gasteiger partial charge in [-0.2, -0.15) is 0 Å². The maximum Gasteiger partial charge on any atom is 0.135 e. The van der Waals surface area contributed by atoms with E-state index in [1.165, 1.54) is 0 Å². The average Bonchev–Trinajstić information content (AvgIpc) is 2.80. The Morgan fingerprint density at radius 2 is 2.06 bits per heavy atom. The van der Waals surface area contributed by atoms with Gasteiger partial charge in [-0.1, -0.05) is 50.9 Å². The number of aromatic nitrogens is 1. The second-order valence-electron chi connectivity index (χ2n) is 9.87. The molecule has 0 fully saturated rings. The number of pyridine rings is 1. The van der Waals surface area contributed by atoms with Gasteiger partial charge in [-0.25, -0.2) is 9.37 Å². The van der Waals surface area contributed by atoms with Crippen LogP contribution in [0.3, 0.4) is 0 Å². The molecule has 0 aliphatic heterocycles. The van der Waals surface area contributed by atoms with Gasteiger partial charge < -0.3 is 5.73 Å². The fourth-order valence-electron chi connectivity index (χ4n) is 4.37. The largest absolute Gasteiger partial charge is 0.383 e. The Morgan fingerprint density at radius 3 is 2.65 bits per heavy atom. The molecule has 0 spiro atoms. The van der Waals surface area contributed by atoms with Crippen molar-refractivity contribution in [1.29, 1.82) is 0 Å². The first-order chi connectivity index (χ1) is 15.9. The van der Waals surface area contributed by atoms with Crippen molar-refractivity contribution in [1.82, 2.24) is 4.98 Å². The maximum absolute atomic E-state index is 14.2. The first-order valence-corrected chi connectivity index (χ1v) is 12.4. The minimum absolute atomic E-state index is 0.0784. The van der Waals surface area contributed by atoms with E-state index in [0.29, 0.717) is 31.5 Å². The third kappa shape index (κ3) is 6.44. The molecule has 0 aromatic carbocycles. The van der Waals surface area contributed by atoms with E-state index in [1.807, 2.05) is 20.8 Å². The molecule has 0 saturated heterocycles. The first kappa shape index (κ1) is 28.0. The Bertz CT molecular complexity index is 1040. The van der Waals surface area contributed by atoms with Crippen molar-refractivity contribution in [2.45, 2.75) is 73.6 Å². The molecule has 1 aromatic rings. The average molecular weight is 488 g/mol. The summed E-state index contributed by atoms with van der Waals surface area (Å²) < 4.78 is 14.2. The zero-order chi connectivity index (χ0) is 25.6. The zero-order valence-corrected chi connectivity index (χ0v) is 22.4. The summed E-state index contributed by atoms with van der Waals surface area (Å²) in [4.78, 5) is 20.8. The minimum atomic E-state index is -0.408. The molecule has 3 atom stereocenters. The molecule has 0 saturated carbocycles. The number of ketones is 1. The van der Waals surface area contributed by atoms with E-state index in [0.717, 1.165) is 34.3 Å². The van der Waals surface area contributed by atoms with Crippen molar-refractivity contribution >= 4 is 35.0 Å². The van der Waals surface area contributed by atoms with Crippen LogP contribution in [0.1, 0.15) is 78.4 Å². The van der Waals surface area contributed by atoms with Crippen molar-refractivity contribution in [3.05, 3.63) is 51.5 Å². The van der Waals surface area contributed by atoms with E-state index in [4.69, 9.17) is 17.3 Å². The van der Waals surface area contributed by atoms with Crippen LogP contribution in [0.15, 0.2) is 45.3 Å². The van der Waals surface area contributed by atoms with Gasteiger partial charge in [0.1, 0.15) is 17.4 Å². The molecule has 186 valence electrons. The summed E-state index contributed by atoms with van der Waals surface area (Å²) in [6.07, 6.45) is 8.76. The lowest BCUT2D eigenvalue weighted by Crippen LogP contribution is -2.23. The number of aliphatic imine (C=N–C) groups is 1. The van der Waals surface area contributed by atoms with Crippen LogP contribution < -0.4 is 5.73 Å². The second kappa shape index (κ2) is 11.9. The van der Waals surface area contributed by atoms with Crippen LogP contribution in [0.2, 0.25) is 0 Å². The highest BCUT2D eigenvalue weighted by Crippen LogP contribution is 2.41. The van der Waals surface area contributed by atoms with Crippen LogP contribution in [0.4, 0.5) is 10.2 Å². The standard InChI is InChI=1S/C28H39ClFN3O/c1-8-28(6,20(5)34)12-11-21(15-32-7)23-14-22(27(31)33-16-23)13-18(3)19(4)25-17(2)9-10-24(30)26(25)29/h11,14-16,18-19H,8-10,12-13H2,1-7H3,(H2,31,33)/b21-11+,32-15?. The number of carbonyl (C=O) groups is 1. The molecule has 0 bridgehead atoms. The number of Topliss-reactive ketones (excluding diaryl/α,β-unsaturated/α-hetero) is 1. The van der Waals surface area contributed by atoms with E-state index in [2.05, 4.69) is 36.0 Å². The first-order valence-electron chi connectivity index (χ1n) is 12.1. The van der Waals surface area contributed by atoms with E-state index in [1.54, 1.807) is 26.4 Å². The predicted molar refractivity (Wildman–Crippen MR) is 143 cm³/mol. The van der Waals surface area contributed by atoms with E-state index < -0.39 is 5.41 Å². The molecule has 1 heterocycles. The normalized spacial score (nSPS) is 18.9. The fraction of sp³-hybridized carbons (Fsp3) is 0.536. The molecule has 1 aromatic heterocycles. The van der Waals surface area contributed by atoms with Gasteiger partial charge in [0.15, 0.2) is 0 Å². The van der Waals surface area contributed by atoms with Gasteiger partial charge in [-0.15, -0.1) is 0 Å². The number of carbonyl (C=O) groups excluding carboxylic acids is 1. The summed E-state index contributed by atoms with van der Waals surface area (Å²) in [5, 5.41) is 0.275. The molecule has 3 unspecified atom stereocenters. The Balaban J connectivity index is 2.34. The third-order valence-electron chi connectivity index (χ3n) is 7.51. The molecular weight excluding hydrogens is 449 g/mol. The number of halogens is 2. The van der Waals surface area contributed by atoms with Crippen LogP contribution >= 0.6 is 11.6 Å². The lowest BCUT2D eigenvalue weighted by Gasteiger charge is -2.28. The SMILES string of the molecule is CCC(C)(C/C=C(\C=NC)c1cnc(N)c(CC(C)C(C)C2=C(C)CCC(F)=C2Cl)c1)C(C)=O. The minimum Gasteiger partial charge on any atom is -0.383 e.